The van der Waals surface area contributed by atoms with Gasteiger partial charge in [0.05, 0.1) is 23.5 Å². The molecule has 1 aliphatic carbocycles. The summed E-state index contributed by atoms with van der Waals surface area (Å²) in [6, 6.07) is 24.7. The number of ether oxygens (including phenoxy) is 1. The summed E-state index contributed by atoms with van der Waals surface area (Å²) in [5, 5.41) is 7.28. The van der Waals surface area contributed by atoms with Gasteiger partial charge in [0.15, 0.2) is 5.78 Å². The second-order valence-corrected chi connectivity index (χ2v) is 10.1. The predicted molar refractivity (Wildman–Crippen MR) is 141 cm³/mol. The molecule has 1 aliphatic heterocycles. The molecular formula is C29H30N2O2S. The number of allylic oxidation sites excluding steroid dienone is 1. The van der Waals surface area contributed by atoms with Crippen LogP contribution >= 0.6 is 11.8 Å². The Morgan fingerprint density at radius 3 is 2.24 bits per heavy atom. The van der Waals surface area contributed by atoms with Crippen molar-refractivity contribution >= 4 is 28.9 Å². The third-order valence-electron chi connectivity index (χ3n) is 6.48. The van der Waals surface area contributed by atoms with Gasteiger partial charge in [-0.1, -0.05) is 36.4 Å². The van der Waals surface area contributed by atoms with Crippen molar-refractivity contribution < 1.29 is 9.53 Å². The van der Waals surface area contributed by atoms with Crippen molar-refractivity contribution in [1.29, 1.82) is 0 Å². The van der Waals surface area contributed by atoms with Gasteiger partial charge in [0.25, 0.3) is 0 Å². The highest BCUT2D eigenvalue weighted by Crippen LogP contribution is 2.44. The van der Waals surface area contributed by atoms with Gasteiger partial charge in [-0.05, 0) is 80.0 Å². The summed E-state index contributed by atoms with van der Waals surface area (Å²) in [4.78, 5) is 14.9. The molecule has 0 spiro atoms. The Hall–Kier alpha value is -3.18. The zero-order chi connectivity index (χ0) is 23.7. The van der Waals surface area contributed by atoms with E-state index < -0.39 is 0 Å². The molecule has 2 unspecified atom stereocenters. The van der Waals surface area contributed by atoms with Gasteiger partial charge in [-0.2, -0.15) is 0 Å². The van der Waals surface area contributed by atoms with Crippen LogP contribution in [0.2, 0.25) is 0 Å². The van der Waals surface area contributed by atoms with Gasteiger partial charge < -0.3 is 15.4 Å². The number of hydrogen-bond acceptors (Lipinski definition) is 5. The van der Waals surface area contributed by atoms with E-state index in [-0.39, 0.29) is 23.8 Å². The first kappa shape index (κ1) is 22.6. The summed E-state index contributed by atoms with van der Waals surface area (Å²) in [6.07, 6.45) is 3.51. The van der Waals surface area contributed by atoms with Crippen LogP contribution in [0.1, 0.15) is 49.8 Å². The number of anilines is 2. The third-order valence-corrected chi connectivity index (χ3v) is 7.22. The lowest BCUT2D eigenvalue weighted by Crippen LogP contribution is -2.26. The van der Waals surface area contributed by atoms with Crippen LogP contribution in [0.25, 0.3) is 0 Å². The Balaban J connectivity index is 1.51. The molecule has 3 aromatic rings. The topological polar surface area (TPSA) is 50.4 Å². The molecule has 5 rings (SSSR count). The number of hydrogen-bond donors (Lipinski definition) is 2. The molecule has 1 heterocycles. The lowest BCUT2D eigenvalue weighted by atomic mass is 9.78. The van der Waals surface area contributed by atoms with Crippen LogP contribution in [0.15, 0.2) is 89.0 Å². The summed E-state index contributed by atoms with van der Waals surface area (Å²) >= 11 is 1.72. The molecule has 0 aromatic heterocycles. The Morgan fingerprint density at radius 2 is 1.56 bits per heavy atom. The molecule has 0 fully saturated rings. The molecule has 0 saturated carbocycles. The normalized spacial score (nSPS) is 19.6. The van der Waals surface area contributed by atoms with Crippen LogP contribution < -0.4 is 15.4 Å². The number of carbonyl (C=O) groups excluding carboxylic acids is 1. The van der Waals surface area contributed by atoms with Crippen LogP contribution in [-0.4, -0.2) is 18.1 Å². The maximum absolute atomic E-state index is 13.7. The highest BCUT2D eigenvalue weighted by Gasteiger charge is 2.36. The van der Waals surface area contributed by atoms with E-state index >= 15 is 0 Å². The number of benzene rings is 3. The number of fused-ring (bicyclic) bond motifs is 1. The standard InChI is InChI=1S/C29H30N2O2S/c1-18(2)33-22-12-8-19(9-13-22)21-16-26-28(27(32)17-21)29(20-10-14-23(34-3)15-11-20)31-25-7-5-4-6-24(25)30-26/h4-15,18,21,29-31H,16-17H2,1-3H3. The third kappa shape index (κ3) is 4.58. The van der Waals surface area contributed by atoms with Gasteiger partial charge >= 0.3 is 0 Å². The molecule has 3 aromatic carbocycles. The lowest BCUT2D eigenvalue weighted by Gasteiger charge is -2.30. The van der Waals surface area contributed by atoms with Gasteiger partial charge in [0, 0.05) is 22.6 Å². The summed E-state index contributed by atoms with van der Waals surface area (Å²) in [7, 11) is 0. The first-order chi connectivity index (χ1) is 16.5. The number of ketones is 1. The molecule has 5 heteroatoms. The molecule has 34 heavy (non-hydrogen) atoms. The van der Waals surface area contributed by atoms with Crippen LogP contribution in [0, 0.1) is 0 Å². The highest BCUT2D eigenvalue weighted by atomic mass is 32.2. The fourth-order valence-corrected chi connectivity index (χ4v) is 5.27. The van der Waals surface area contributed by atoms with Crippen molar-refractivity contribution in [3.05, 3.63) is 95.2 Å². The van der Waals surface area contributed by atoms with Gasteiger partial charge in [0.2, 0.25) is 0 Å². The SMILES string of the molecule is CSc1ccc(C2Nc3ccccc3NC3=C2C(=O)CC(c2ccc(OC(C)C)cc2)C3)cc1. The Labute approximate surface area is 205 Å². The molecule has 174 valence electrons. The number of carbonyl (C=O) groups is 1. The summed E-state index contributed by atoms with van der Waals surface area (Å²) in [5.41, 5.74) is 6.15. The maximum atomic E-state index is 13.7. The number of thioether (sulfide) groups is 1. The average molecular weight is 471 g/mol. The van der Waals surface area contributed by atoms with Crippen molar-refractivity contribution in [2.75, 3.05) is 16.9 Å². The second-order valence-electron chi connectivity index (χ2n) is 9.18. The van der Waals surface area contributed by atoms with Gasteiger partial charge in [-0.25, -0.2) is 0 Å². The number of Topliss-reactive ketones (excluding diaryl/α,β-unsaturated/α-hetero) is 1. The van der Waals surface area contributed by atoms with E-state index in [2.05, 4.69) is 65.4 Å². The number of rotatable bonds is 5. The van der Waals surface area contributed by atoms with Gasteiger partial charge in [-0.3, -0.25) is 4.79 Å². The molecule has 2 atom stereocenters. The van der Waals surface area contributed by atoms with E-state index in [4.69, 9.17) is 4.74 Å². The molecule has 0 saturated heterocycles. The Kier molecular flexibility index (Phi) is 6.38. The molecular weight excluding hydrogens is 440 g/mol. The fraction of sp³-hybridized carbons (Fsp3) is 0.276. The maximum Gasteiger partial charge on any atom is 0.163 e. The molecule has 0 amide bonds. The first-order valence-corrected chi connectivity index (χ1v) is 13.0. The van der Waals surface area contributed by atoms with Gasteiger partial charge in [-0.15, -0.1) is 11.8 Å². The van der Waals surface area contributed by atoms with Crippen LogP contribution in [0.3, 0.4) is 0 Å². The minimum Gasteiger partial charge on any atom is -0.491 e. The van der Waals surface area contributed by atoms with E-state index in [1.165, 1.54) is 10.5 Å². The highest BCUT2D eigenvalue weighted by molar-refractivity contribution is 7.98. The van der Waals surface area contributed by atoms with E-state index in [1.54, 1.807) is 11.8 Å². The Morgan fingerprint density at radius 1 is 0.882 bits per heavy atom. The molecule has 4 nitrogen and oxygen atoms in total. The van der Waals surface area contributed by atoms with Gasteiger partial charge in [0.1, 0.15) is 5.75 Å². The molecule has 2 N–H and O–H groups in total. The molecule has 0 radical (unpaired) electrons. The van der Waals surface area contributed by atoms with E-state index in [1.807, 2.05) is 38.1 Å². The lowest BCUT2D eigenvalue weighted by molar-refractivity contribution is -0.116. The van der Waals surface area contributed by atoms with Crippen LogP contribution in [0.4, 0.5) is 11.4 Å². The average Bonchev–Trinajstić information content (AvgIpc) is 3.01. The summed E-state index contributed by atoms with van der Waals surface area (Å²) < 4.78 is 5.80. The number of para-hydroxylation sites is 2. The minimum atomic E-state index is -0.183. The smallest absolute Gasteiger partial charge is 0.163 e. The molecule has 2 aliphatic rings. The monoisotopic (exact) mass is 470 g/mol. The Bertz CT molecular complexity index is 1220. The van der Waals surface area contributed by atoms with Crippen molar-refractivity contribution in [2.45, 2.75) is 49.6 Å². The first-order valence-electron chi connectivity index (χ1n) is 11.8. The summed E-state index contributed by atoms with van der Waals surface area (Å²) in [6.45, 7) is 4.05. The minimum absolute atomic E-state index is 0.136. The van der Waals surface area contributed by atoms with Crippen molar-refractivity contribution in [1.82, 2.24) is 0 Å². The predicted octanol–water partition coefficient (Wildman–Crippen LogP) is 7.18. The fourth-order valence-electron chi connectivity index (χ4n) is 4.87. The van der Waals surface area contributed by atoms with Crippen molar-refractivity contribution in [3.8, 4) is 5.75 Å². The van der Waals surface area contributed by atoms with E-state index in [9.17, 15) is 4.79 Å². The van der Waals surface area contributed by atoms with Crippen LogP contribution in [-0.2, 0) is 4.79 Å². The van der Waals surface area contributed by atoms with E-state index in [0.717, 1.165) is 40.4 Å². The van der Waals surface area contributed by atoms with E-state index in [0.29, 0.717) is 6.42 Å². The number of nitrogens with one attached hydrogen (secondary N) is 2. The molecule has 0 bridgehead atoms. The quantitative estimate of drug-likeness (QED) is 0.387. The van der Waals surface area contributed by atoms with Crippen LogP contribution in [0.5, 0.6) is 5.75 Å². The van der Waals surface area contributed by atoms with Crippen molar-refractivity contribution in [3.63, 3.8) is 0 Å². The summed E-state index contributed by atoms with van der Waals surface area (Å²) in [5.74, 6) is 1.19. The zero-order valence-electron chi connectivity index (χ0n) is 19.8. The van der Waals surface area contributed by atoms with Crippen molar-refractivity contribution in [2.24, 2.45) is 0 Å². The zero-order valence-corrected chi connectivity index (χ0v) is 20.6. The second kappa shape index (κ2) is 9.59. The largest absolute Gasteiger partial charge is 0.491 e.